The van der Waals surface area contributed by atoms with Crippen LogP contribution in [-0.2, 0) is 9.53 Å². The lowest BCUT2D eigenvalue weighted by atomic mass is 10.1. The van der Waals surface area contributed by atoms with E-state index >= 15 is 0 Å². The van der Waals surface area contributed by atoms with Gasteiger partial charge in [0.05, 0.1) is 25.2 Å². The lowest BCUT2D eigenvalue weighted by molar-refractivity contribution is -0.134. The molecule has 0 unspecified atom stereocenters. The second-order valence-electron chi connectivity index (χ2n) is 5.76. The molecule has 2 saturated heterocycles. The SMILES string of the molecule is O=C(CCOc1ccccc1)N1CCC[C@@H]1[C@H]1CCCO1. The highest BCUT2D eigenvalue weighted by Gasteiger charge is 2.36. The molecule has 4 heteroatoms. The first-order valence-corrected chi connectivity index (χ1v) is 7.93. The summed E-state index contributed by atoms with van der Waals surface area (Å²) in [7, 11) is 0. The van der Waals surface area contributed by atoms with Crippen LogP contribution in [-0.4, -0.2) is 42.7 Å². The van der Waals surface area contributed by atoms with Crippen molar-refractivity contribution in [1.29, 1.82) is 0 Å². The van der Waals surface area contributed by atoms with Crippen molar-refractivity contribution in [3.05, 3.63) is 30.3 Å². The summed E-state index contributed by atoms with van der Waals surface area (Å²) in [6, 6.07) is 9.94. The number of carbonyl (C=O) groups is 1. The molecule has 0 saturated carbocycles. The van der Waals surface area contributed by atoms with Crippen molar-refractivity contribution in [1.82, 2.24) is 4.90 Å². The number of hydrogen-bond donors (Lipinski definition) is 0. The first kappa shape index (κ1) is 14.4. The number of ether oxygens (including phenoxy) is 2. The van der Waals surface area contributed by atoms with Crippen molar-refractivity contribution in [2.24, 2.45) is 0 Å². The third-order valence-corrected chi connectivity index (χ3v) is 4.34. The van der Waals surface area contributed by atoms with Gasteiger partial charge in [-0.15, -0.1) is 0 Å². The second-order valence-corrected chi connectivity index (χ2v) is 5.76. The Labute approximate surface area is 126 Å². The minimum absolute atomic E-state index is 0.198. The molecule has 2 atom stereocenters. The van der Waals surface area contributed by atoms with Crippen LogP contribution in [0, 0.1) is 0 Å². The van der Waals surface area contributed by atoms with Crippen LogP contribution in [0.15, 0.2) is 30.3 Å². The summed E-state index contributed by atoms with van der Waals surface area (Å²) < 4.78 is 11.4. The van der Waals surface area contributed by atoms with Gasteiger partial charge in [-0.05, 0) is 37.8 Å². The fraction of sp³-hybridized carbons (Fsp3) is 0.588. The molecule has 0 aromatic heterocycles. The molecular formula is C17H23NO3. The Balaban J connectivity index is 1.48. The van der Waals surface area contributed by atoms with Gasteiger partial charge in [-0.2, -0.15) is 0 Å². The quantitative estimate of drug-likeness (QED) is 0.836. The summed E-state index contributed by atoms with van der Waals surface area (Å²) in [5.74, 6) is 1.02. The van der Waals surface area contributed by atoms with Crippen LogP contribution >= 0.6 is 0 Å². The van der Waals surface area contributed by atoms with E-state index in [9.17, 15) is 4.79 Å². The molecule has 1 aromatic carbocycles. The molecule has 0 bridgehead atoms. The van der Waals surface area contributed by atoms with Crippen LogP contribution in [0.25, 0.3) is 0 Å². The minimum atomic E-state index is 0.198. The first-order chi connectivity index (χ1) is 10.3. The molecular weight excluding hydrogens is 266 g/mol. The number of amides is 1. The zero-order valence-corrected chi connectivity index (χ0v) is 12.4. The zero-order valence-electron chi connectivity index (χ0n) is 12.4. The summed E-state index contributed by atoms with van der Waals surface area (Å²) >= 11 is 0. The van der Waals surface area contributed by atoms with Gasteiger partial charge in [-0.25, -0.2) is 0 Å². The molecule has 2 aliphatic heterocycles. The van der Waals surface area contributed by atoms with Gasteiger partial charge < -0.3 is 14.4 Å². The Morgan fingerprint density at radius 3 is 2.86 bits per heavy atom. The largest absolute Gasteiger partial charge is 0.493 e. The number of rotatable bonds is 5. The summed E-state index contributed by atoms with van der Waals surface area (Å²) in [4.78, 5) is 14.4. The molecule has 114 valence electrons. The zero-order chi connectivity index (χ0) is 14.5. The lowest BCUT2D eigenvalue weighted by Crippen LogP contribution is -2.42. The van der Waals surface area contributed by atoms with Crippen LogP contribution in [0.4, 0.5) is 0 Å². The van der Waals surface area contributed by atoms with Gasteiger partial charge >= 0.3 is 0 Å². The normalized spacial score (nSPS) is 25.2. The molecule has 21 heavy (non-hydrogen) atoms. The number of para-hydroxylation sites is 1. The fourth-order valence-corrected chi connectivity index (χ4v) is 3.31. The molecule has 3 rings (SSSR count). The predicted molar refractivity (Wildman–Crippen MR) is 80.3 cm³/mol. The average Bonchev–Trinajstić information content (AvgIpc) is 3.19. The maximum Gasteiger partial charge on any atom is 0.226 e. The van der Waals surface area contributed by atoms with Crippen LogP contribution in [0.5, 0.6) is 5.75 Å². The van der Waals surface area contributed by atoms with Crippen LogP contribution in [0.2, 0.25) is 0 Å². The van der Waals surface area contributed by atoms with Crippen LogP contribution < -0.4 is 4.74 Å². The van der Waals surface area contributed by atoms with E-state index < -0.39 is 0 Å². The highest BCUT2D eigenvalue weighted by Crippen LogP contribution is 2.28. The van der Waals surface area contributed by atoms with Crippen molar-refractivity contribution in [2.75, 3.05) is 19.8 Å². The molecule has 2 aliphatic rings. The van der Waals surface area contributed by atoms with Gasteiger partial charge in [0.15, 0.2) is 0 Å². The van der Waals surface area contributed by atoms with E-state index in [1.807, 2.05) is 35.2 Å². The van der Waals surface area contributed by atoms with Gasteiger partial charge in [0.2, 0.25) is 5.91 Å². The Morgan fingerprint density at radius 2 is 2.10 bits per heavy atom. The Bertz CT molecular complexity index is 456. The number of carbonyl (C=O) groups excluding carboxylic acids is 1. The maximum atomic E-state index is 12.4. The predicted octanol–water partition coefficient (Wildman–Crippen LogP) is 2.63. The number of hydrogen-bond acceptors (Lipinski definition) is 3. The van der Waals surface area contributed by atoms with Crippen molar-refractivity contribution in [2.45, 2.75) is 44.2 Å². The Morgan fingerprint density at radius 1 is 1.24 bits per heavy atom. The van der Waals surface area contributed by atoms with E-state index in [-0.39, 0.29) is 18.1 Å². The molecule has 1 amide bonds. The number of benzene rings is 1. The van der Waals surface area contributed by atoms with Gasteiger partial charge in [-0.1, -0.05) is 18.2 Å². The molecule has 2 fully saturated rings. The van der Waals surface area contributed by atoms with Gasteiger partial charge in [0.1, 0.15) is 5.75 Å². The lowest BCUT2D eigenvalue weighted by Gasteiger charge is -2.29. The second kappa shape index (κ2) is 6.94. The van der Waals surface area contributed by atoms with Crippen LogP contribution in [0.3, 0.4) is 0 Å². The van der Waals surface area contributed by atoms with Crippen molar-refractivity contribution >= 4 is 5.91 Å². The highest BCUT2D eigenvalue weighted by molar-refractivity contribution is 5.77. The number of likely N-dealkylation sites (tertiary alicyclic amines) is 1. The Hall–Kier alpha value is -1.55. The highest BCUT2D eigenvalue weighted by atomic mass is 16.5. The topological polar surface area (TPSA) is 38.8 Å². The fourth-order valence-electron chi connectivity index (χ4n) is 3.31. The van der Waals surface area contributed by atoms with Crippen molar-refractivity contribution < 1.29 is 14.3 Å². The molecule has 1 aromatic rings. The molecule has 0 spiro atoms. The summed E-state index contributed by atoms with van der Waals surface area (Å²) in [6.45, 7) is 2.16. The third kappa shape index (κ3) is 3.56. The van der Waals surface area contributed by atoms with E-state index in [4.69, 9.17) is 9.47 Å². The van der Waals surface area contributed by atoms with E-state index in [0.29, 0.717) is 13.0 Å². The van der Waals surface area contributed by atoms with Crippen LogP contribution in [0.1, 0.15) is 32.1 Å². The molecule has 0 radical (unpaired) electrons. The number of nitrogens with zero attached hydrogens (tertiary/aromatic N) is 1. The van der Waals surface area contributed by atoms with Crippen molar-refractivity contribution in [3.8, 4) is 5.75 Å². The molecule has 4 nitrogen and oxygen atoms in total. The van der Waals surface area contributed by atoms with Gasteiger partial charge in [-0.3, -0.25) is 4.79 Å². The van der Waals surface area contributed by atoms with Crippen molar-refractivity contribution in [3.63, 3.8) is 0 Å². The standard InChI is InChI=1S/C17H23NO3/c19-17(10-13-20-14-6-2-1-3-7-14)18-11-4-8-15(18)16-9-5-12-21-16/h1-3,6-7,15-16H,4-5,8-13H2/t15-,16-/m1/s1. The summed E-state index contributed by atoms with van der Waals surface area (Å²) in [6.07, 6.45) is 5.09. The summed E-state index contributed by atoms with van der Waals surface area (Å²) in [5.41, 5.74) is 0. The summed E-state index contributed by atoms with van der Waals surface area (Å²) in [5, 5.41) is 0. The van der Waals surface area contributed by atoms with E-state index in [0.717, 1.165) is 44.6 Å². The van der Waals surface area contributed by atoms with Gasteiger partial charge in [0, 0.05) is 13.2 Å². The minimum Gasteiger partial charge on any atom is -0.493 e. The maximum absolute atomic E-state index is 12.4. The molecule has 0 N–H and O–H groups in total. The smallest absolute Gasteiger partial charge is 0.226 e. The Kier molecular flexibility index (Phi) is 4.76. The third-order valence-electron chi connectivity index (χ3n) is 4.34. The molecule has 0 aliphatic carbocycles. The first-order valence-electron chi connectivity index (χ1n) is 7.93. The monoisotopic (exact) mass is 289 g/mol. The molecule has 2 heterocycles. The van der Waals surface area contributed by atoms with E-state index in [2.05, 4.69) is 0 Å². The van der Waals surface area contributed by atoms with E-state index in [1.165, 1.54) is 0 Å². The van der Waals surface area contributed by atoms with Gasteiger partial charge in [0.25, 0.3) is 0 Å². The average molecular weight is 289 g/mol. The van der Waals surface area contributed by atoms with E-state index in [1.54, 1.807) is 0 Å².